The zero-order valence-corrected chi connectivity index (χ0v) is 10.5. The van der Waals surface area contributed by atoms with E-state index >= 15 is 0 Å². The maximum atomic E-state index is 12.4. The van der Waals surface area contributed by atoms with Crippen LogP contribution in [0.4, 0.5) is 5.69 Å². The van der Waals surface area contributed by atoms with Gasteiger partial charge in [0.2, 0.25) is 0 Å². The number of aromatic carboxylic acids is 1. The van der Waals surface area contributed by atoms with Gasteiger partial charge in [-0.3, -0.25) is 9.59 Å². The quantitative estimate of drug-likeness (QED) is 0.656. The predicted molar refractivity (Wildman–Crippen MR) is 69.5 cm³/mol. The highest BCUT2D eigenvalue weighted by molar-refractivity contribution is 6.30. The first-order chi connectivity index (χ1) is 10.1. The summed E-state index contributed by atoms with van der Waals surface area (Å²) >= 11 is 0. The number of carboxylic acids is 1. The van der Waals surface area contributed by atoms with E-state index in [1.165, 1.54) is 18.2 Å². The molecule has 1 aliphatic rings. The van der Waals surface area contributed by atoms with E-state index in [0.29, 0.717) is 0 Å². The van der Waals surface area contributed by atoms with Crippen LogP contribution in [0.5, 0.6) is 0 Å². The lowest BCUT2D eigenvalue weighted by Crippen LogP contribution is -2.26. The molecule has 0 amide bonds. The van der Waals surface area contributed by atoms with E-state index in [2.05, 4.69) is 5.18 Å². The molecule has 0 saturated carbocycles. The number of nitrogens with zero attached hydrogens (tertiary/aromatic N) is 1. The van der Waals surface area contributed by atoms with Crippen LogP contribution in [0.25, 0.3) is 0 Å². The van der Waals surface area contributed by atoms with Gasteiger partial charge in [0, 0.05) is 22.3 Å². The molecule has 1 aliphatic carbocycles. The van der Waals surface area contributed by atoms with Crippen LogP contribution < -0.4 is 5.11 Å². The number of benzene rings is 2. The first kappa shape index (κ1) is 12.9. The van der Waals surface area contributed by atoms with E-state index in [-0.39, 0.29) is 22.3 Å². The Kier molecular flexibility index (Phi) is 2.72. The summed E-state index contributed by atoms with van der Waals surface area (Å²) in [7, 11) is 0. The summed E-state index contributed by atoms with van der Waals surface area (Å²) in [5.74, 6) is -2.68. The molecule has 0 radical (unpaired) electrons. The second-order valence-electron chi connectivity index (χ2n) is 4.47. The van der Waals surface area contributed by atoms with Crippen LogP contribution in [0.2, 0.25) is 0 Å². The van der Waals surface area contributed by atoms with Gasteiger partial charge in [0.1, 0.15) is 5.69 Å². The average molecular weight is 280 g/mol. The summed E-state index contributed by atoms with van der Waals surface area (Å²) < 4.78 is 0. The van der Waals surface area contributed by atoms with E-state index in [9.17, 15) is 24.4 Å². The Morgan fingerprint density at radius 1 is 0.905 bits per heavy atom. The molecule has 6 nitrogen and oxygen atoms in total. The molecule has 0 N–H and O–H groups in total. The van der Waals surface area contributed by atoms with Crippen LogP contribution in [0.1, 0.15) is 42.2 Å². The minimum absolute atomic E-state index is 0.0294. The fraction of sp³-hybridized carbons (Fsp3) is 0. The van der Waals surface area contributed by atoms with Gasteiger partial charge >= 0.3 is 0 Å². The topological polar surface area (TPSA) is 104 Å². The first-order valence-corrected chi connectivity index (χ1v) is 5.96. The number of hydrogen-bond acceptors (Lipinski definition) is 6. The predicted octanol–water partition coefficient (Wildman–Crippen LogP) is 1.22. The summed E-state index contributed by atoms with van der Waals surface area (Å²) in [6.45, 7) is 0. The number of carbonyl (C=O) groups excluding carboxylic acids is 3. The third-order valence-electron chi connectivity index (χ3n) is 3.38. The largest absolute Gasteiger partial charge is 0.545 e. The van der Waals surface area contributed by atoms with Crippen LogP contribution in [0.3, 0.4) is 0 Å². The molecule has 0 saturated heterocycles. The van der Waals surface area contributed by atoms with Crippen molar-refractivity contribution in [2.75, 3.05) is 0 Å². The molecule has 0 aliphatic heterocycles. The number of ketones is 2. The second kappa shape index (κ2) is 4.45. The van der Waals surface area contributed by atoms with E-state index < -0.39 is 28.8 Å². The lowest BCUT2D eigenvalue weighted by molar-refractivity contribution is -0.254. The van der Waals surface area contributed by atoms with Gasteiger partial charge in [0.05, 0.1) is 11.5 Å². The summed E-state index contributed by atoms with van der Waals surface area (Å²) in [5.41, 5.74) is -1.05. The van der Waals surface area contributed by atoms with E-state index in [0.717, 1.165) is 6.07 Å². The molecular weight excluding hydrogens is 274 g/mol. The SMILES string of the molecule is O=Nc1c(C(=O)[O-])ccc2c1C(=O)c1ccccc1C2=O. The summed E-state index contributed by atoms with van der Waals surface area (Å²) in [6, 6.07) is 8.38. The number of nitroso groups, excluding NO2 is 1. The molecular formula is C15H6NO5-. The Morgan fingerprint density at radius 3 is 2.10 bits per heavy atom. The summed E-state index contributed by atoms with van der Waals surface area (Å²) in [4.78, 5) is 46.7. The lowest BCUT2D eigenvalue weighted by atomic mass is 9.82. The summed E-state index contributed by atoms with van der Waals surface area (Å²) in [6.07, 6.45) is 0. The molecule has 0 heterocycles. The van der Waals surface area contributed by atoms with Crippen molar-refractivity contribution in [2.45, 2.75) is 0 Å². The van der Waals surface area contributed by atoms with Gasteiger partial charge < -0.3 is 9.90 Å². The fourth-order valence-corrected chi connectivity index (χ4v) is 2.43. The molecule has 6 heteroatoms. The standard InChI is InChI=1S/C15H7NO5/c17-13-7-3-1-2-4-8(7)14(18)11-9(13)5-6-10(15(19)20)12(11)16-21/h1-6H,(H,19,20)/p-1. The van der Waals surface area contributed by atoms with Gasteiger partial charge in [-0.2, -0.15) is 0 Å². The smallest absolute Gasteiger partial charge is 0.196 e. The van der Waals surface area contributed by atoms with Crippen molar-refractivity contribution in [1.29, 1.82) is 0 Å². The van der Waals surface area contributed by atoms with Crippen molar-refractivity contribution in [1.82, 2.24) is 0 Å². The zero-order valence-electron chi connectivity index (χ0n) is 10.5. The Balaban J connectivity index is 2.38. The van der Waals surface area contributed by atoms with Gasteiger partial charge in [0.15, 0.2) is 11.6 Å². The van der Waals surface area contributed by atoms with Gasteiger partial charge in [-0.15, -0.1) is 4.91 Å². The van der Waals surface area contributed by atoms with E-state index in [1.807, 2.05) is 0 Å². The normalized spacial score (nSPS) is 12.6. The number of rotatable bonds is 2. The van der Waals surface area contributed by atoms with Crippen molar-refractivity contribution in [3.8, 4) is 0 Å². The molecule has 0 unspecified atom stereocenters. The molecule has 0 fully saturated rings. The molecule has 0 atom stereocenters. The van der Waals surface area contributed by atoms with Gasteiger partial charge in [-0.1, -0.05) is 30.3 Å². The maximum absolute atomic E-state index is 12.4. The van der Waals surface area contributed by atoms with Crippen LogP contribution in [0.15, 0.2) is 41.6 Å². The molecule has 102 valence electrons. The molecule has 3 rings (SSSR count). The van der Waals surface area contributed by atoms with Crippen LogP contribution in [-0.4, -0.2) is 17.5 Å². The van der Waals surface area contributed by atoms with Crippen molar-refractivity contribution < 1.29 is 19.5 Å². The zero-order chi connectivity index (χ0) is 15.1. The van der Waals surface area contributed by atoms with Crippen molar-refractivity contribution in [2.24, 2.45) is 5.18 Å². The maximum Gasteiger partial charge on any atom is 0.196 e. The van der Waals surface area contributed by atoms with Gasteiger partial charge in [0.25, 0.3) is 0 Å². The third kappa shape index (κ3) is 1.69. The highest BCUT2D eigenvalue weighted by Crippen LogP contribution is 2.35. The Bertz CT molecular complexity index is 838. The minimum Gasteiger partial charge on any atom is -0.545 e. The number of hydrogen-bond donors (Lipinski definition) is 0. The Hall–Kier alpha value is -3.15. The highest BCUT2D eigenvalue weighted by Gasteiger charge is 2.33. The number of carboxylic acid groups (broad SMARTS) is 1. The molecule has 0 aromatic heterocycles. The molecule has 2 aromatic carbocycles. The number of fused-ring (bicyclic) bond motifs is 2. The minimum atomic E-state index is -1.63. The van der Waals surface area contributed by atoms with Crippen LogP contribution >= 0.6 is 0 Å². The molecule has 2 aromatic rings. The highest BCUT2D eigenvalue weighted by atomic mass is 16.4. The van der Waals surface area contributed by atoms with Crippen molar-refractivity contribution in [3.63, 3.8) is 0 Å². The number of carbonyl (C=O) groups is 3. The van der Waals surface area contributed by atoms with Crippen molar-refractivity contribution in [3.05, 3.63) is 69.1 Å². The fourth-order valence-electron chi connectivity index (χ4n) is 2.43. The Labute approximate surface area is 118 Å². The summed E-state index contributed by atoms with van der Waals surface area (Å²) in [5, 5.41) is 13.6. The third-order valence-corrected chi connectivity index (χ3v) is 3.38. The lowest BCUT2D eigenvalue weighted by Gasteiger charge is -2.19. The monoisotopic (exact) mass is 280 g/mol. The van der Waals surface area contributed by atoms with E-state index in [4.69, 9.17) is 0 Å². The van der Waals surface area contributed by atoms with Crippen LogP contribution in [-0.2, 0) is 0 Å². The van der Waals surface area contributed by atoms with Gasteiger partial charge in [-0.25, -0.2) is 0 Å². The van der Waals surface area contributed by atoms with Crippen LogP contribution in [0, 0.1) is 4.91 Å². The second-order valence-corrected chi connectivity index (χ2v) is 4.47. The molecule has 0 spiro atoms. The molecule has 21 heavy (non-hydrogen) atoms. The Morgan fingerprint density at radius 2 is 1.52 bits per heavy atom. The van der Waals surface area contributed by atoms with E-state index in [1.54, 1.807) is 12.1 Å². The average Bonchev–Trinajstić information content (AvgIpc) is 2.51. The van der Waals surface area contributed by atoms with Crippen molar-refractivity contribution >= 4 is 23.2 Å². The van der Waals surface area contributed by atoms with Gasteiger partial charge in [-0.05, 0) is 11.2 Å². The first-order valence-electron chi connectivity index (χ1n) is 5.96. The molecule has 0 bridgehead atoms.